The van der Waals surface area contributed by atoms with E-state index in [9.17, 15) is 13.2 Å². The third-order valence-electron chi connectivity index (χ3n) is 4.82. The monoisotopic (exact) mass is 484 g/mol. The van der Waals surface area contributed by atoms with Gasteiger partial charge in [-0.2, -0.15) is 0 Å². The first-order valence-electron chi connectivity index (χ1n) is 10.2. The van der Waals surface area contributed by atoms with Gasteiger partial charge < -0.3 is 10.1 Å². The molecule has 33 heavy (non-hydrogen) atoms. The molecule has 0 unspecified atom stereocenters. The zero-order valence-corrected chi connectivity index (χ0v) is 20.0. The Hall–Kier alpha value is -3.29. The second-order valence-electron chi connectivity index (χ2n) is 7.43. The Morgan fingerprint density at radius 3 is 2.52 bits per heavy atom. The molecule has 3 rings (SSSR count). The van der Waals surface area contributed by atoms with E-state index in [1.54, 1.807) is 67.6 Å². The van der Waals surface area contributed by atoms with Gasteiger partial charge in [0.2, 0.25) is 5.91 Å². The SMILES string of the molecule is C=CCOc1cccc(NC(=O)CN(c2cc(Cl)ccc2C)S(=O)(=O)c2ccc(C)cc2)c1. The molecule has 0 bridgehead atoms. The zero-order chi connectivity index (χ0) is 24.0. The molecule has 8 heteroatoms. The number of halogens is 1. The Morgan fingerprint density at radius 1 is 1.09 bits per heavy atom. The molecule has 3 aromatic carbocycles. The average Bonchev–Trinajstić information content (AvgIpc) is 2.78. The summed E-state index contributed by atoms with van der Waals surface area (Å²) in [7, 11) is -4.04. The number of carbonyl (C=O) groups is 1. The van der Waals surface area contributed by atoms with Gasteiger partial charge in [-0.25, -0.2) is 8.42 Å². The second-order valence-corrected chi connectivity index (χ2v) is 9.73. The van der Waals surface area contributed by atoms with Gasteiger partial charge >= 0.3 is 0 Å². The molecule has 1 N–H and O–H groups in total. The summed E-state index contributed by atoms with van der Waals surface area (Å²) in [5.74, 6) is 0.0495. The number of hydrogen-bond donors (Lipinski definition) is 1. The van der Waals surface area contributed by atoms with E-state index in [1.165, 1.54) is 12.1 Å². The number of aryl methyl sites for hydroxylation is 2. The molecule has 3 aromatic rings. The van der Waals surface area contributed by atoms with E-state index in [0.29, 0.717) is 34.3 Å². The summed E-state index contributed by atoms with van der Waals surface area (Å²) in [6, 6.07) is 18.2. The summed E-state index contributed by atoms with van der Waals surface area (Å²) >= 11 is 6.16. The normalized spacial score (nSPS) is 11.0. The van der Waals surface area contributed by atoms with Crippen LogP contribution in [0.15, 0.2) is 84.3 Å². The van der Waals surface area contributed by atoms with Crippen molar-refractivity contribution in [3.8, 4) is 5.75 Å². The Labute approximate surface area is 199 Å². The maximum Gasteiger partial charge on any atom is 0.264 e. The largest absolute Gasteiger partial charge is 0.489 e. The number of rotatable bonds is 9. The van der Waals surface area contributed by atoms with E-state index in [2.05, 4.69) is 11.9 Å². The lowest BCUT2D eigenvalue weighted by atomic mass is 10.2. The summed E-state index contributed by atoms with van der Waals surface area (Å²) in [5, 5.41) is 3.11. The van der Waals surface area contributed by atoms with E-state index in [0.717, 1.165) is 9.87 Å². The molecule has 0 aromatic heterocycles. The molecule has 1 amide bonds. The van der Waals surface area contributed by atoms with Crippen molar-refractivity contribution in [2.75, 3.05) is 22.8 Å². The number of amides is 1. The molecule has 0 fully saturated rings. The Morgan fingerprint density at radius 2 is 1.82 bits per heavy atom. The Bertz CT molecular complexity index is 1260. The van der Waals surface area contributed by atoms with E-state index in [-0.39, 0.29) is 4.90 Å². The highest BCUT2D eigenvalue weighted by Gasteiger charge is 2.28. The van der Waals surface area contributed by atoms with Crippen LogP contribution in [0.5, 0.6) is 5.75 Å². The number of nitrogens with zero attached hydrogens (tertiary/aromatic N) is 1. The first kappa shape index (κ1) is 24.4. The van der Waals surface area contributed by atoms with E-state index in [4.69, 9.17) is 16.3 Å². The standard InChI is InChI=1S/C25H25ClN2O4S/c1-4-14-32-22-7-5-6-21(16-22)27-25(29)17-28(24-15-20(26)11-10-19(24)3)33(30,31)23-12-8-18(2)9-13-23/h4-13,15-16H,1,14,17H2,2-3H3,(H,27,29). The lowest BCUT2D eigenvalue weighted by Crippen LogP contribution is -2.38. The fourth-order valence-corrected chi connectivity index (χ4v) is 4.78. The minimum absolute atomic E-state index is 0.0834. The average molecular weight is 485 g/mol. The fourth-order valence-electron chi connectivity index (χ4n) is 3.14. The summed E-state index contributed by atoms with van der Waals surface area (Å²) in [4.78, 5) is 13.0. The van der Waals surface area contributed by atoms with Crippen LogP contribution in [0.1, 0.15) is 11.1 Å². The van der Waals surface area contributed by atoms with Crippen LogP contribution in [-0.2, 0) is 14.8 Å². The quantitative estimate of drug-likeness (QED) is 0.415. The molecule has 6 nitrogen and oxygen atoms in total. The lowest BCUT2D eigenvalue weighted by Gasteiger charge is -2.26. The number of ether oxygens (including phenoxy) is 1. The molecule has 0 aliphatic rings. The van der Waals surface area contributed by atoms with Gasteiger partial charge in [-0.15, -0.1) is 0 Å². The van der Waals surface area contributed by atoms with Crippen molar-refractivity contribution in [2.24, 2.45) is 0 Å². The Balaban J connectivity index is 1.93. The number of anilines is 2. The smallest absolute Gasteiger partial charge is 0.264 e. The second kappa shape index (κ2) is 10.6. The van der Waals surface area contributed by atoms with Crippen molar-refractivity contribution in [1.29, 1.82) is 0 Å². The van der Waals surface area contributed by atoms with Crippen LogP contribution in [0.3, 0.4) is 0 Å². The van der Waals surface area contributed by atoms with Crippen LogP contribution >= 0.6 is 11.6 Å². The molecule has 0 saturated heterocycles. The highest BCUT2D eigenvalue weighted by molar-refractivity contribution is 7.92. The molecule has 0 aliphatic heterocycles. The van der Waals surface area contributed by atoms with Gasteiger partial charge in [0.1, 0.15) is 18.9 Å². The van der Waals surface area contributed by atoms with Crippen LogP contribution in [0.4, 0.5) is 11.4 Å². The van der Waals surface area contributed by atoms with Gasteiger partial charge in [0, 0.05) is 16.8 Å². The van der Waals surface area contributed by atoms with Crippen LogP contribution in [0.25, 0.3) is 0 Å². The van der Waals surface area contributed by atoms with E-state index >= 15 is 0 Å². The summed E-state index contributed by atoms with van der Waals surface area (Å²) in [5.41, 5.74) is 2.41. The molecule has 172 valence electrons. The minimum atomic E-state index is -4.04. The van der Waals surface area contributed by atoms with Gasteiger partial charge in [-0.3, -0.25) is 9.10 Å². The van der Waals surface area contributed by atoms with Crippen molar-refractivity contribution in [2.45, 2.75) is 18.7 Å². The molecule has 0 spiro atoms. The number of carbonyl (C=O) groups excluding carboxylic acids is 1. The minimum Gasteiger partial charge on any atom is -0.489 e. The van der Waals surface area contributed by atoms with Crippen LogP contribution in [0.2, 0.25) is 5.02 Å². The van der Waals surface area contributed by atoms with Crippen molar-refractivity contribution >= 4 is 38.9 Å². The van der Waals surface area contributed by atoms with E-state index in [1.807, 2.05) is 6.92 Å². The number of nitrogens with one attached hydrogen (secondary N) is 1. The predicted molar refractivity (Wildman–Crippen MR) is 133 cm³/mol. The Kier molecular flexibility index (Phi) is 7.79. The van der Waals surface area contributed by atoms with Crippen LogP contribution < -0.4 is 14.4 Å². The fraction of sp³-hybridized carbons (Fsp3) is 0.160. The molecule has 0 saturated carbocycles. The highest BCUT2D eigenvalue weighted by atomic mass is 35.5. The number of benzene rings is 3. The number of hydrogen-bond acceptors (Lipinski definition) is 4. The zero-order valence-electron chi connectivity index (χ0n) is 18.4. The van der Waals surface area contributed by atoms with Gasteiger partial charge in [0.25, 0.3) is 10.0 Å². The first-order valence-corrected chi connectivity index (χ1v) is 12.0. The maximum atomic E-state index is 13.5. The summed E-state index contributed by atoms with van der Waals surface area (Å²) in [6.07, 6.45) is 1.62. The van der Waals surface area contributed by atoms with Gasteiger partial charge in [-0.05, 0) is 55.8 Å². The molecule has 0 atom stereocenters. The van der Waals surface area contributed by atoms with Gasteiger partial charge in [-0.1, -0.05) is 54.1 Å². The predicted octanol–water partition coefficient (Wildman–Crippen LogP) is 5.36. The van der Waals surface area contributed by atoms with Crippen LogP contribution in [0, 0.1) is 13.8 Å². The maximum absolute atomic E-state index is 13.5. The van der Waals surface area contributed by atoms with Crippen molar-refractivity contribution in [3.63, 3.8) is 0 Å². The van der Waals surface area contributed by atoms with E-state index < -0.39 is 22.5 Å². The molecule has 0 radical (unpaired) electrons. The van der Waals surface area contributed by atoms with Crippen LogP contribution in [-0.4, -0.2) is 27.5 Å². The molecule has 0 aliphatic carbocycles. The molecular formula is C25H25ClN2O4S. The number of sulfonamides is 1. The third kappa shape index (κ3) is 6.15. The highest BCUT2D eigenvalue weighted by Crippen LogP contribution is 2.30. The van der Waals surface area contributed by atoms with Gasteiger partial charge in [0.05, 0.1) is 10.6 Å². The summed E-state index contributed by atoms with van der Waals surface area (Å²) in [6.45, 7) is 7.14. The van der Waals surface area contributed by atoms with Crippen molar-refractivity contribution in [1.82, 2.24) is 0 Å². The summed E-state index contributed by atoms with van der Waals surface area (Å²) < 4.78 is 33.6. The topological polar surface area (TPSA) is 75.7 Å². The van der Waals surface area contributed by atoms with Crippen molar-refractivity contribution < 1.29 is 17.9 Å². The lowest BCUT2D eigenvalue weighted by molar-refractivity contribution is -0.114. The van der Waals surface area contributed by atoms with Gasteiger partial charge in [0.15, 0.2) is 0 Å². The molecular weight excluding hydrogens is 460 g/mol. The van der Waals surface area contributed by atoms with Crippen molar-refractivity contribution in [3.05, 3.63) is 95.5 Å². The molecule has 0 heterocycles. The third-order valence-corrected chi connectivity index (χ3v) is 6.83. The first-order chi connectivity index (χ1) is 15.7.